The van der Waals surface area contributed by atoms with Crippen molar-refractivity contribution in [3.05, 3.63) is 132 Å². The molecule has 190 valence electrons. The van der Waals surface area contributed by atoms with E-state index in [9.17, 15) is 0 Å². The molecule has 9 rings (SSSR count). The molecule has 0 bridgehead atoms. The van der Waals surface area contributed by atoms with Crippen LogP contribution in [-0.4, -0.2) is 4.40 Å². The van der Waals surface area contributed by atoms with E-state index in [-0.39, 0.29) is 5.41 Å². The van der Waals surface area contributed by atoms with Crippen molar-refractivity contribution in [1.29, 1.82) is 0 Å². The van der Waals surface area contributed by atoms with Crippen LogP contribution < -0.4 is 0 Å². The molecule has 1 heteroatoms. The van der Waals surface area contributed by atoms with Crippen molar-refractivity contribution in [1.82, 2.24) is 4.40 Å². The maximum absolute atomic E-state index is 2.54. The van der Waals surface area contributed by atoms with Crippen LogP contribution in [0.5, 0.6) is 0 Å². The van der Waals surface area contributed by atoms with Gasteiger partial charge >= 0.3 is 0 Å². The molecule has 40 heavy (non-hydrogen) atoms. The second kappa shape index (κ2) is 7.73. The zero-order valence-corrected chi connectivity index (χ0v) is 22.8. The predicted octanol–water partition coefficient (Wildman–Crippen LogP) is 10.5. The van der Waals surface area contributed by atoms with Crippen LogP contribution in [0.4, 0.5) is 0 Å². The summed E-state index contributed by atoms with van der Waals surface area (Å²) in [4.78, 5) is 0. The zero-order valence-electron chi connectivity index (χ0n) is 22.8. The van der Waals surface area contributed by atoms with Gasteiger partial charge in [0.05, 0.1) is 16.6 Å². The topological polar surface area (TPSA) is 4.41 Å². The van der Waals surface area contributed by atoms with E-state index >= 15 is 0 Å². The summed E-state index contributed by atoms with van der Waals surface area (Å²) in [6, 6.07) is 36.5. The molecule has 7 aromatic rings. The van der Waals surface area contributed by atoms with Crippen LogP contribution in [0.2, 0.25) is 0 Å². The van der Waals surface area contributed by atoms with Gasteiger partial charge in [0.1, 0.15) is 0 Å². The zero-order chi connectivity index (χ0) is 26.6. The highest BCUT2D eigenvalue weighted by Crippen LogP contribution is 2.55. The predicted molar refractivity (Wildman–Crippen MR) is 170 cm³/mol. The molecule has 0 saturated heterocycles. The van der Waals surface area contributed by atoms with Crippen molar-refractivity contribution >= 4 is 43.7 Å². The maximum atomic E-state index is 2.54. The Morgan fingerprint density at radius 3 is 2.20 bits per heavy atom. The van der Waals surface area contributed by atoms with Crippen molar-refractivity contribution in [2.24, 2.45) is 0 Å². The smallest absolute Gasteiger partial charge is 0.0624 e. The highest BCUT2D eigenvalue weighted by Gasteiger charge is 2.39. The molecule has 2 aliphatic rings. The molecule has 0 unspecified atom stereocenters. The molecular formula is C39H29N. The second-order valence-electron chi connectivity index (χ2n) is 12.0. The molecular weight excluding hydrogens is 482 g/mol. The first kappa shape index (κ1) is 22.2. The Balaban J connectivity index is 1.47. The fourth-order valence-electron chi connectivity index (χ4n) is 7.70. The molecule has 0 spiro atoms. The Bertz CT molecular complexity index is 2220. The molecule has 2 aliphatic carbocycles. The molecule has 0 N–H and O–H groups in total. The number of hydrogen-bond donors (Lipinski definition) is 0. The third-order valence-electron chi connectivity index (χ3n) is 9.51. The van der Waals surface area contributed by atoms with Gasteiger partial charge in [-0.3, -0.25) is 0 Å². The molecule has 0 radical (unpaired) electrons. The quantitative estimate of drug-likeness (QED) is 0.217. The largest absolute Gasteiger partial charge is 0.308 e. The van der Waals surface area contributed by atoms with E-state index < -0.39 is 0 Å². The van der Waals surface area contributed by atoms with Gasteiger partial charge in [0.25, 0.3) is 0 Å². The first-order valence-corrected chi connectivity index (χ1v) is 14.4. The second-order valence-corrected chi connectivity index (χ2v) is 12.0. The minimum atomic E-state index is -0.0794. The highest BCUT2D eigenvalue weighted by molar-refractivity contribution is 6.27. The molecule has 0 aliphatic heterocycles. The van der Waals surface area contributed by atoms with Crippen LogP contribution in [0.15, 0.2) is 115 Å². The SMILES string of the molecule is CC1(C)c2ccccc2-c2cc3c4cc(C5=CCCC=C5)ccc4n4c5ccc(-c6ccccc6)cc5c(c21)c34. The van der Waals surface area contributed by atoms with Gasteiger partial charge in [-0.15, -0.1) is 0 Å². The lowest BCUT2D eigenvalue weighted by Gasteiger charge is -2.22. The molecule has 1 nitrogen and oxygen atoms in total. The van der Waals surface area contributed by atoms with Crippen molar-refractivity contribution in [3.8, 4) is 22.3 Å². The fraction of sp³-hybridized carbons (Fsp3) is 0.128. The lowest BCUT2D eigenvalue weighted by Crippen LogP contribution is -2.15. The maximum Gasteiger partial charge on any atom is 0.0624 e. The van der Waals surface area contributed by atoms with Crippen molar-refractivity contribution in [2.75, 3.05) is 0 Å². The Morgan fingerprint density at radius 1 is 0.625 bits per heavy atom. The lowest BCUT2D eigenvalue weighted by molar-refractivity contribution is 0.667. The Morgan fingerprint density at radius 2 is 1.38 bits per heavy atom. The lowest BCUT2D eigenvalue weighted by atomic mass is 9.80. The number of benzene rings is 5. The summed E-state index contributed by atoms with van der Waals surface area (Å²) in [5.41, 5.74) is 14.7. The monoisotopic (exact) mass is 511 g/mol. The number of aromatic nitrogens is 1. The third kappa shape index (κ3) is 2.77. The first-order valence-electron chi connectivity index (χ1n) is 14.4. The number of hydrogen-bond acceptors (Lipinski definition) is 0. The van der Waals surface area contributed by atoms with E-state index in [1.54, 1.807) is 0 Å². The molecule has 2 aromatic heterocycles. The molecule has 2 heterocycles. The van der Waals surface area contributed by atoms with Gasteiger partial charge in [0.2, 0.25) is 0 Å². The van der Waals surface area contributed by atoms with Gasteiger partial charge < -0.3 is 4.40 Å². The van der Waals surface area contributed by atoms with E-state index in [1.807, 2.05) is 0 Å². The van der Waals surface area contributed by atoms with Gasteiger partial charge in [-0.25, -0.2) is 0 Å². The summed E-state index contributed by atoms with van der Waals surface area (Å²) in [5, 5.41) is 5.46. The van der Waals surface area contributed by atoms with Crippen LogP contribution in [0.1, 0.15) is 43.4 Å². The minimum absolute atomic E-state index is 0.0794. The van der Waals surface area contributed by atoms with Crippen LogP contribution in [0.25, 0.3) is 65.9 Å². The average molecular weight is 512 g/mol. The van der Waals surface area contributed by atoms with Gasteiger partial charge in [-0.1, -0.05) is 98.8 Å². The van der Waals surface area contributed by atoms with Gasteiger partial charge in [-0.2, -0.15) is 0 Å². The molecule has 5 aromatic carbocycles. The van der Waals surface area contributed by atoms with Crippen molar-refractivity contribution in [3.63, 3.8) is 0 Å². The van der Waals surface area contributed by atoms with E-state index in [1.165, 1.54) is 82.6 Å². The number of rotatable bonds is 2. The third-order valence-corrected chi connectivity index (χ3v) is 9.51. The fourth-order valence-corrected chi connectivity index (χ4v) is 7.70. The van der Waals surface area contributed by atoms with Crippen LogP contribution in [-0.2, 0) is 5.41 Å². The Labute approximate surface area is 234 Å². The number of fused-ring (bicyclic) bond motifs is 10. The Kier molecular flexibility index (Phi) is 4.30. The van der Waals surface area contributed by atoms with Crippen LogP contribution >= 0.6 is 0 Å². The summed E-state index contributed by atoms with van der Waals surface area (Å²) < 4.78 is 2.54. The van der Waals surface area contributed by atoms with Gasteiger partial charge in [-0.05, 0) is 87.7 Å². The van der Waals surface area contributed by atoms with Crippen molar-refractivity contribution in [2.45, 2.75) is 32.1 Å². The van der Waals surface area contributed by atoms with E-state index in [4.69, 9.17) is 0 Å². The summed E-state index contributed by atoms with van der Waals surface area (Å²) in [5.74, 6) is 0. The van der Waals surface area contributed by atoms with Crippen molar-refractivity contribution < 1.29 is 0 Å². The van der Waals surface area contributed by atoms with E-state index in [0.29, 0.717) is 0 Å². The van der Waals surface area contributed by atoms with Crippen LogP contribution in [0.3, 0.4) is 0 Å². The molecule has 0 saturated carbocycles. The Hall–Kier alpha value is -4.62. The summed E-state index contributed by atoms with van der Waals surface area (Å²) in [6.07, 6.45) is 9.23. The highest BCUT2D eigenvalue weighted by atomic mass is 14.9. The molecule has 0 fully saturated rings. The summed E-state index contributed by atoms with van der Waals surface area (Å²) in [6.45, 7) is 4.82. The average Bonchev–Trinajstić information content (AvgIpc) is 3.59. The van der Waals surface area contributed by atoms with Gasteiger partial charge in [0.15, 0.2) is 0 Å². The van der Waals surface area contributed by atoms with E-state index in [2.05, 4.69) is 134 Å². The summed E-state index contributed by atoms with van der Waals surface area (Å²) >= 11 is 0. The normalized spacial score (nSPS) is 15.8. The molecule has 0 atom stereocenters. The van der Waals surface area contributed by atoms with Crippen LogP contribution in [0, 0.1) is 0 Å². The van der Waals surface area contributed by atoms with E-state index in [0.717, 1.165) is 12.8 Å². The standard InChI is InChI=1S/C39H29N/c1-39(2)33-16-10-9-15-28(33)30-23-31-29-21-26(24-11-5-3-6-12-24)17-19-34(29)40-35-20-18-27(25-13-7-4-8-14-25)22-32(35)36(37(30)39)38(31)40/h4-5,7-23H,3,6H2,1-2H3. The molecule has 0 amide bonds. The van der Waals surface area contributed by atoms with Gasteiger partial charge in [0, 0.05) is 27.0 Å². The number of nitrogens with zero attached hydrogens (tertiary/aromatic N) is 1. The minimum Gasteiger partial charge on any atom is -0.308 e. The first-order chi connectivity index (χ1) is 19.6. The summed E-state index contributed by atoms with van der Waals surface area (Å²) in [7, 11) is 0. The number of allylic oxidation sites excluding steroid dienone is 4.